The van der Waals surface area contributed by atoms with Gasteiger partial charge in [0.05, 0.1) is 0 Å². The van der Waals surface area contributed by atoms with E-state index in [1.165, 1.54) is 12.8 Å². The average molecular weight is 198 g/mol. The van der Waals surface area contributed by atoms with Gasteiger partial charge in [-0.25, -0.2) is 0 Å². The first-order valence-corrected chi connectivity index (χ1v) is 6.21. The van der Waals surface area contributed by atoms with Crippen molar-refractivity contribution in [2.45, 2.75) is 68.2 Å². The average Bonchev–Trinajstić information content (AvgIpc) is 2.12. The third-order valence-electron chi connectivity index (χ3n) is 4.89. The zero-order valence-electron chi connectivity index (χ0n) is 11.6. The third-order valence-corrected chi connectivity index (χ3v) is 4.89. The van der Waals surface area contributed by atoms with E-state index in [4.69, 9.17) is 0 Å². The van der Waals surface area contributed by atoms with Crippen LogP contribution in [0.15, 0.2) is 0 Å². The Morgan fingerprint density at radius 1 is 0.786 bits per heavy atom. The summed E-state index contributed by atoms with van der Waals surface area (Å²) in [7, 11) is 0. The van der Waals surface area contributed by atoms with E-state index in [1.54, 1.807) is 0 Å². The van der Waals surface area contributed by atoms with Crippen LogP contribution in [0.1, 0.15) is 68.2 Å². The van der Waals surface area contributed by atoms with Crippen molar-refractivity contribution in [1.29, 1.82) is 0 Å². The van der Waals surface area contributed by atoms with E-state index < -0.39 is 0 Å². The van der Waals surface area contributed by atoms with Crippen LogP contribution >= 0.6 is 0 Å². The fraction of sp³-hybridized carbons (Fsp3) is 1.00. The molecule has 0 aliphatic heterocycles. The highest BCUT2D eigenvalue weighted by molar-refractivity contribution is 4.93. The maximum Gasteiger partial charge on any atom is -0.0226 e. The second kappa shape index (κ2) is 4.68. The molecule has 0 amide bonds. The van der Waals surface area contributed by atoms with Gasteiger partial charge in [0.2, 0.25) is 0 Å². The summed E-state index contributed by atoms with van der Waals surface area (Å²) in [5, 5.41) is 0. The standard InChI is InChI=1S/C14H30/c1-9-11(3)14(8,12(4)10-2)13(5,6)7/h11-12H,9-10H2,1-8H3. The van der Waals surface area contributed by atoms with Gasteiger partial charge in [0, 0.05) is 0 Å². The minimum atomic E-state index is 0.401. The molecular formula is C14H30. The van der Waals surface area contributed by atoms with Gasteiger partial charge in [0.25, 0.3) is 0 Å². The molecule has 0 saturated carbocycles. The molecule has 0 radical (unpaired) electrons. The Hall–Kier alpha value is 0. The van der Waals surface area contributed by atoms with Gasteiger partial charge in [-0.1, -0.05) is 68.2 Å². The van der Waals surface area contributed by atoms with Gasteiger partial charge in [-0.05, 0) is 22.7 Å². The van der Waals surface area contributed by atoms with Crippen LogP contribution in [0.25, 0.3) is 0 Å². The van der Waals surface area contributed by atoms with E-state index in [9.17, 15) is 0 Å². The summed E-state index contributed by atoms with van der Waals surface area (Å²) in [6, 6.07) is 0. The molecule has 0 aromatic heterocycles. The Morgan fingerprint density at radius 3 is 1.21 bits per heavy atom. The summed E-state index contributed by atoms with van der Waals surface area (Å²) >= 11 is 0. The van der Waals surface area contributed by atoms with Crippen molar-refractivity contribution in [1.82, 2.24) is 0 Å². The zero-order chi connectivity index (χ0) is 11.6. The fourth-order valence-electron chi connectivity index (χ4n) is 2.81. The van der Waals surface area contributed by atoms with Crippen molar-refractivity contribution in [3.05, 3.63) is 0 Å². The highest BCUT2D eigenvalue weighted by Gasteiger charge is 2.44. The summed E-state index contributed by atoms with van der Waals surface area (Å²) in [4.78, 5) is 0. The molecule has 0 heterocycles. The lowest BCUT2D eigenvalue weighted by molar-refractivity contribution is -0.0170. The molecule has 0 nitrogen and oxygen atoms in total. The SMILES string of the molecule is CCC(C)C(C)(C(C)CC)C(C)(C)C. The first-order valence-electron chi connectivity index (χ1n) is 6.21. The van der Waals surface area contributed by atoms with Crippen LogP contribution in [-0.4, -0.2) is 0 Å². The van der Waals surface area contributed by atoms with Gasteiger partial charge in [-0.2, -0.15) is 0 Å². The zero-order valence-corrected chi connectivity index (χ0v) is 11.6. The first-order chi connectivity index (χ1) is 6.21. The van der Waals surface area contributed by atoms with Crippen molar-refractivity contribution >= 4 is 0 Å². The lowest BCUT2D eigenvalue weighted by atomic mass is 9.54. The van der Waals surface area contributed by atoms with Crippen LogP contribution in [-0.2, 0) is 0 Å². The molecule has 86 valence electrons. The van der Waals surface area contributed by atoms with Crippen LogP contribution in [0.3, 0.4) is 0 Å². The Bertz CT molecular complexity index is 151. The van der Waals surface area contributed by atoms with Gasteiger partial charge in [-0.15, -0.1) is 0 Å². The van der Waals surface area contributed by atoms with Crippen LogP contribution in [0.4, 0.5) is 0 Å². The largest absolute Gasteiger partial charge is 0.0651 e. The smallest absolute Gasteiger partial charge is 0.0226 e. The number of rotatable bonds is 4. The van der Waals surface area contributed by atoms with Gasteiger partial charge in [0.15, 0.2) is 0 Å². The molecule has 2 unspecified atom stereocenters. The molecule has 0 fully saturated rings. The Morgan fingerprint density at radius 2 is 1.07 bits per heavy atom. The Labute approximate surface area is 91.5 Å². The molecule has 2 atom stereocenters. The molecule has 14 heavy (non-hydrogen) atoms. The van der Waals surface area contributed by atoms with Crippen molar-refractivity contribution < 1.29 is 0 Å². The van der Waals surface area contributed by atoms with E-state index in [0.29, 0.717) is 10.8 Å². The molecule has 0 aliphatic rings. The number of hydrogen-bond donors (Lipinski definition) is 0. The van der Waals surface area contributed by atoms with E-state index >= 15 is 0 Å². The molecule has 0 aromatic carbocycles. The molecule has 0 aromatic rings. The molecule has 0 spiro atoms. The molecule has 0 heteroatoms. The Kier molecular flexibility index (Phi) is 4.68. The quantitative estimate of drug-likeness (QED) is 0.587. The second-order valence-corrected chi connectivity index (χ2v) is 6.15. The summed E-state index contributed by atoms with van der Waals surface area (Å²) in [6.45, 7) is 19.1. The highest BCUT2D eigenvalue weighted by Crippen LogP contribution is 2.51. The minimum Gasteiger partial charge on any atom is -0.0651 e. The van der Waals surface area contributed by atoms with Crippen molar-refractivity contribution in [3.63, 3.8) is 0 Å². The van der Waals surface area contributed by atoms with Gasteiger partial charge >= 0.3 is 0 Å². The monoisotopic (exact) mass is 198 g/mol. The van der Waals surface area contributed by atoms with Gasteiger partial charge in [0.1, 0.15) is 0 Å². The van der Waals surface area contributed by atoms with E-state index in [1.807, 2.05) is 0 Å². The van der Waals surface area contributed by atoms with Gasteiger partial charge in [-0.3, -0.25) is 0 Å². The first kappa shape index (κ1) is 14.0. The van der Waals surface area contributed by atoms with Crippen LogP contribution in [0, 0.1) is 22.7 Å². The van der Waals surface area contributed by atoms with E-state index in [-0.39, 0.29) is 0 Å². The molecular weight excluding hydrogens is 168 g/mol. The second-order valence-electron chi connectivity index (χ2n) is 6.15. The normalized spacial score (nSPS) is 21.4. The van der Waals surface area contributed by atoms with E-state index in [0.717, 1.165) is 11.8 Å². The summed E-state index contributed by atoms with van der Waals surface area (Å²) in [5.41, 5.74) is 0.856. The van der Waals surface area contributed by atoms with Crippen molar-refractivity contribution in [2.24, 2.45) is 22.7 Å². The van der Waals surface area contributed by atoms with Crippen LogP contribution in [0.2, 0.25) is 0 Å². The fourth-order valence-corrected chi connectivity index (χ4v) is 2.81. The Balaban J connectivity index is 5.05. The van der Waals surface area contributed by atoms with Crippen LogP contribution < -0.4 is 0 Å². The molecule has 0 saturated heterocycles. The predicted octanol–water partition coefficient (Wildman–Crippen LogP) is 5.13. The van der Waals surface area contributed by atoms with Crippen molar-refractivity contribution in [2.75, 3.05) is 0 Å². The molecule has 0 bridgehead atoms. The van der Waals surface area contributed by atoms with Gasteiger partial charge < -0.3 is 0 Å². The molecule has 0 aliphatic carbocycles. The lowest BCUT2D eigenvalue weighted by Crippen LogP contribution is -2.43. The third kappa shape index (κ3) is 2.32. The maximum absolute atomic E-state index is 2.48. The summed E-state index contributed by atoms with van der Waals surface area (Å²) in [5.74, 6) is 1.61. The summed E-state index contributed by atoms with van der Waals surface area (Å²) in [6.07, 6.45) is 2.58. The summed E-state index contributed by atoms with van der Waals surface area (Å²) < 4.78 is 0. The molecule has 0 N–H and O–H groups in total. The van der Waals surface area contributed by atoms with Crippen LogP contribution in [0.5, 0.6) is 0 Å². The molecule has 0 rings (SSSR count). The number of hydrogen-bond acceptors (Lipinski definition) is 0. The highest BCUT2D eigenvalue weighted by atomic mass is 14.5. The lowest BCUT2D eigenvalue weighted by Gasteiger charge is -2.50. The minimum absolute atomic E-state index is 0.401. The maximum atomic E-state index is 2.48. The predicted molar refractivity (Wildman–Crippen MR) is 66.5 cm³/mol. The van der Waals surface area contributed by atoms with E-state index in [2.05, 4.69) is 55.4 Å². The van der Waals surface area contributed by atoms with Crippen molar-refractivity contribution in [3.8, 4) is 0 Å². The topological polar surface area (TPSA) is 0 Å².